The molecular weight excluding hydrogens is 534 g/mol. The molecule has 0 bridgehead atoms. The highest BCUT2D eigenvalue weighted by molar-refractivity contribution is 8.00. The maximum Gasteiger partial charge on any atom is 0.352 e. The minimum atomic E-state index is -1.22. The van der Waals surface area contributed by atoms with E-state index in [-0.39, 0.29) is 41.6 Å². The van der Waals surface area contributed by atoms with E-state index in [0.29, 0.717) is 11.3 Å². The summed E-state index contributed by atoms with van der Waals surface area (Å²) in [6.07, 6.45) is 7.06. The smallest absolute Gasteiger partial charge is 0.352 e. The van der Waals surface area contributed by atoms with Crippen molar-refractivity contribution in [1.82, 2.24) is 19.6 Å². The number of fused-ring (bicyclic) bond motifs is 1. The molecule has 15 heteroatoms. The zero-order valence-corrected chi connectivity index (χ0v) is 21.8. The second kappa shape index (κ2) is 11.0. The Morgan fingerprint density at radius 1 is 1.29 bits per heavy atom. The third-order valence-electron chi connectivity index (χ3n) is 6.52. The van der Waals surface area contributed by atoms with Gasteiger partial charge in [-0.1, -0.05) is 5.16 Å². The lowest BCUT2D eigenvalue weighted by atomic mass is 10.0. The fourth-order valence-electron chi connectivity index (χ4n) is 4.57. The van der Waals surface area contributed by atoms with E-state index in [1.54, 1.807) is 29.1 Å². The number of aliphatic carboxylic acids is 1. The molecule has 13 nitrogen and oxygen atoms in total. The van der Waals surface area contributed by atoms with Crippen LogP contribution >= 0.6 is 23.3 Å². The molecule has 2 fully saturated rings. The first kappa shape index (κ1) is 26.1. The number of carbonyl (C=O) groups is 3. The largest absolute Gasteiger partial charge is 0.477 e. The minimum Gasteiger partial charge on any atom is -0.477 e. The van der Waals surface area contributed by atoms with Gasteiger partial charge in [0.2, 0.25) is 11.5 Å². The number of nitrogens with two attached hydrogens (primary N) is 1. The topological polar surface area (TPSA) is 184 Å². The van der Waals surface area contributed by atoms with Gasteiger partial charge in [-0.25, -0.2) is 9.36 Å². The summed E-state index contributed by atoms with van der Waals surface area (Å²) in [7, 11) is 0. The number of thioether (sulfide) groups is 1. The maximum absolute atomic E-state index is 13.2. The summed E-state index contributed by atoms with van der Waals surface area (Å²) in [5, 5.41) is 25.4. The van der Waals surface area contributed by atoms with Crippen LogP contribution in [0.4, 0.5) is 5.13 Å². The van der Waals surface area contributed by atoms with E-state index in [0.717, 1.165) is 42.8 Å². The van der Waals surface area contributed by atoms with Crippen molar-refractivity contribution in [2.24, 2.45) is 5.16 Å². The second-order valence-electron chi connectivity index (χ2n) is 9.06. The third kappa shape index (κ3) is 5.21. The highest BCUT2D eigenvalue weighted by atomic mass is 32.2. The Morgan fingerprint density at radius 2 is 2.03 bits per heavy atom. The summed E-state index contributed by atoms with van der Waals surface area (Å²) >= 11 is 2.27. The average Bonchev–Trinajstić information content (AvgIpc) is 3.59. The van der Waals surface area contributed by atoms with Crippen LogP contribution in [0.1, 0.15) is 37.1 Å². The number of hydrogen-bond acceptors (Lipinski definition) is 11. The highest BCUT2D eigenvalue weighted by Crippen LogP contribution is 2.40. The molecule has 2 amide bonds. The molecule has 0 radical (unpaired) electrons. The Labute approximate surface area is 225 Å². The van der Waals surface area contributed by atoms with Crippen LogP contribution in [-0.2, 0) is 32.4 Å². The summed E-state index contributed by atoms with van der Waals surface area (Å²) in [5.74, 6) is -2.10. The predicted octanol–water partition coefficient (Wildman–Crippen LogP) is 0.00220. The van der Waals surface area contributed by atoms with Crippen molar-refractivity contribution < 1.29 is 34.0 Å². The quantitative estimate of drug-likeness (QED) is 0.141. The van der Waals surface area contributed by atoms with E-state index >= 15 is 0 Å². The van der Waals surface area contributed by atoms with Gasteiger partial charge in [-0.3, -0.25) is 14.5 Å². The van der Waals surface area contributed by atoms with Gasteiger partial charge < -0.3 is 26.1 Å². The number of nitrogens with zero attached hydrogens (tertiary/aromatic N) is 5. The van der Waals surface area contributed by atoms with E-state index in [2.05, 4.69) is 19.8 Å². The lowest BCUT2D eigenvalue weighted by Crippen LogP contribution is -2.71. The number of aliphatic hydroxyl groups excluding tert-OH is 1. The van der Waals surface area contributed by atoms with Gasteiger partial charge in [-0.2, -0.15) is 9.36 Å². The number of carboxylic acid groups (broad SMARTS) is 1. The van der Waals surface area contributed by atoms with Gasteiger partial charge >= 0.3 is 5.97 Å². The maximum atomic E-state index is 13.2. The van der Waals surface area contributed by atoms with Crippen LogP contribution in [0.25, 0.3) is 0 Å². The molecule has 2 aliphatic heterocycles. The zero-order chi connectivity index (χ0) is 26.8. The molecule has 200 valence electrons. The van der Waals surface area contributed by atoms with Crippen molar-refractivity contribution in [2.75, 3.05) is 11.5 Å². The summed E-state index contributed by atoms with van der Waals surface area (Å²) in [6.45, 7) is 0.169. The number of carboxylic acids is 1. The summed E-state index contributed by atoms with van der Waals surface area (Å²) in [6, 6.07) is 2.52. The monoisotopic (exact) mass is 560 g/mol. The molecule has 1 unspecified atom stereocenters. The van der Waals surface area contributed by atoms with Crippen molar-refractivity contribution in [3.8, 4) is 0 Å². The molecule has 2 aromatic rings. The van der Waals surface area contributed by atoms with Gasteiger partial charge in [0, 0.05) is 35.0 Å². The molecule has 2 aromatic heterocycles. The number of rotatable bonds is 9. The number of oxime groups is 1. The SMILES string of the molecule is Nc1nc(C(=NOC2CCCC2)C(=O)NC2C(=O)N3C(C(=O)O)=C(C[n+]4ccc(CO)cc4)CS[C@@H]23)ns1. The van der Waals surface area contributed by atoms with Crippen molar-refractivity contribution in [2.45, 2.75) is 56.4 Å². The molecule has 0 spiro atoms. The lowest BCUT2D eigenvalue weighted by molar-refractivity contribution is -0.689. The number of aliphatic hydroxyl groups is 1. The van der Waals surface area contributed by atoms with Gasteiger partial charge in [0.1, 0.15) is 23.2 Å². The van der Waals surface area contributed by atoms with Gasteiger partial charge in [-0.05, 0) is 31.2 Å². The number of hydrogen-bond donors (Lipinski definition) is 4. The van der Waals surface area contributed by atoms with Crippen molar-refractivity contribution in [3.63, 3.8) is 0 Å². The summed E-state index contributed by atoms with van der Waals surface area (Å²) in [5.41, 5.74) is 6.71. The Kier molecular flexibility index (Phi) is 7.58. The Hall–Kier alpha value is -3.56. The molecule has 1 saturated carbocycles. The number of nitrogen functional groups attached to an aromatic ring is 1. The van der Waals surface area contributed by atoms with Gasteiger partial charge in [0.25, 0.3) is 11.8 Å². The van der Waals surface area contributed by atoms with Crippen molar-refractivity contribution >= 4 is 51.9 Å². The van der Waals surface area contributed by atoms with Crippen molar-refractivity contribution in [3.05, 3.63) is 47.2 Å². The van der Waals surface area contributed by atoms with Crippen LogP contribution in [0.15, 0.2) is 41.0 Å². The highest BCUT2D eigenvalue weighted by Gasteiger charge is 2.55. The average molecular weight is 561 g/mol. The van der Waals surface area contributed by atoms with E-state index in [1.807, 2.05) is 0 Å². The number of β-lactam (4-membered cyclic amide) rings is 1. The number of amides is 2. The minimum absolute atomic E-state index is 0.000529. The standard InChI is InChI=1S/C23H25N7O6S2/c24-23-26-18(28-38-23)15(27-36-14-3-1-2-4-14)19(32)25-16-20(33)30-17(22(34)35)13(11-37-21(16)30)9-29-7-5-12(10-31)6-8-29/h5-8,14,16,21,31H,1-4,9-11H2,(H3-,24,25,26,28,32,34,35)/p+1/t16?,21-/m0/s1. The number of carbonyl (C=O) groups excluding carboxylic acids is 2. The second-order valence-corrected chi connectivity index (χ2v) is 11.0. The van der Waals surface area contributed by atoms with Crippen LogP contribution in [0.2, 0.25) is 0 Å². The fourth-order valence-corrected chi connectivity index (χ4v) is 6.34. The van der Waals surface area contributed by atoms with Crippen LogP contribution in [-0.4, -0.2) is 71.2 Å². The number of aromatic nitrogens is 3. The third-order valence-corrected chi connectivity index (χ3v) is 8.40. The number of nitrogens with one attached hydrogen (secondary N) is 1. The molecule has 2 atom stereocenters. The van der Waals surface area contributed by atoms with Gasteiger partial charge in [0.05, 0.1) is 6.61 Å². The molecule has 38 heavy (non-hydrogen) atoms. The predicted molar refractivity (Wildman–Crippen MR) is 136 cm³/mol. The van der Waals surface area contributed by atoms with Crippen LogP contribution in [0.3, 0.4) is 0 Å². The van der Waals surface area contributed by atoms with E-state index < -0.39 is 29.2 Å². The fraction of sp³-hybridized carbons (Fsp3) is 0.435. The first-order valence-corrected chi connectivity index (χ1v) is 13.8. The van der Waals surface area contributed by atoms with E-state index in [4.69, 9.17) is 10.6 Å². The molecule has 5 N–H and O–H groups in total. The molecule has 3 aliphatic rings. The molecular formula is C23H26N7O6S2+. The zero-order valence-electron chi connectivity index (χ0n) is 20.1. The number of pyridine rings is 1. The van der Waals surface area contributed by atoms with Crippen LogP contribution in [0, 0.1) is 0 Å². The number of anilines is 1. The van der Waals surface area contributed by atoms with Crippen molar-refractivity contribution in [1.29, 1.82) is 0 Å². The molecule has 1 saturated heterocycles. The Balaban J connectivity index is 1.32. The van der Waals surface area contributed by atoms with E-state index in [1.165, 1.54) is 16.7 Å². The summed E-state index contributed by atoms with van der Waals surface area (Å²) in [4.78, 5) is 49.3. The molecule has 1 aliphatic carbocycles. The molecule has 0 aromatic carbocycles. The van der Waals surface area contributed by atoms with E-state index in [9.17, 15) is 24.6 Å². The first-order valence-electron chi connectivity index (χ1n) is 12.0. The van der Waals surface area contributed by atoms with Gasteiger partial charge in [-0.15, -0.1) is 11.8 Å². The molecule has 4 heterocycles. The lowest BCUT2D eigenvalue weighted by Gasteiger charge is -2.49. The van der Waals surface area contributed by atoms with Crippen LogP contribution in [0.5, 0.6) is 0 Å². The Bertz CT molecular complexity index is 1310. The first-order chi connectivity index (χ1) is 18.4. The van der Waals surface area contributed by atoms with Gasteiger partial charge in [0.15, 0.2) is 24.1 Å². The summed E-state index contributed by atoms with van der Waals surface area (Å²) < 4.78 is 5.84. The normalized spacial score (nSPS) is 21.8. The molecule has 5 rings (SSSR count). The van der Waals surface area contributed by atoms with Crippen LogP contribution < -0.4 is 15.6 Å². The Morgan fingerprint density at radius 3 is 2.66 bits per heavy atom.